The second-order valence-electron chi connectivity index (χ2n) is 6.34. The molecule has 3 N–H and O–H groups in total. The van der Waals surface area contributed by atoms with Crippen LogP contribution in [0.3, 0.4) is 0 Å². The zero-order valence-electron chi connectivity index (χ0n) is 12.8. The summed E-state index contributed by atoms with van der Waals surface area (Å²) >= 11 is 0. The van der Waals surface area contributed by atoms with E-state index in [1.165, 1.54) is 0 Å². The van der Waals surface area contributed by atoms with Gasteiger partial charge in [0, 0.05) is 25.6 Å². The number of hydrogen-bond acceptors (Lipinski definition) is 4. The predicted molar refractivity (Wildman–Crippen MR) is 79.7 cm³/mol. The quantitative estimate of drug-likeness (QED) is 0.349. The van der Waals surface area contributed by atoms with Gasteiger partial charge in [-0.05, 0) is 46.0 Å². The van der Waals surface area contributed by atoms with Crippen molar-refractivity contribution in [2.75, 3.05) is 13.1 Å². The summed E-state index contributed by atoms with van der Waals surface area (Å²) < 4.78 is 5.39. The highest BCUT2D eigenvalue weighted by molar-refractivity contribution is 5.68. The van der Waals surface area contributed by atoms with Crippen molar-refractivity contribution >= 4 is 6.09 Å². The molecule has 0 aromatic rings. The predicted octanol–water partition coefficient (Wildman–Crippen LogP) is 1.88. The molecule has 0 spiro atoms. The minimum Gasteiger partial charge on any atom is -0.444 e. The number of hydrazine groups is 1. The number of nitrogens with two attached hydrogens (primary N) is 1. The van der Waals surface area contributed by atoms with Crippen molar-refractivity contribution in [3.63, 3.8) is 0 Å². The standard InChI is InChI=1S/C15H27N3O2/c1-5-6-7-8-13(17-16)12-9-10-18(11-12)14(19)20-15(2,3)4/h1,12-13,17H,6-11,16H2,2-4H3. The van der Waals surface area contributed by atoms with E-state index < -0.39 is 5.60 Å². The molecular formula is C15H27N3O2. The van der Waals surface area contributed by atoms with Crippen molar-refractivity contribution in [2.24, 2.45) is 11.8 Å². The number of nitrogens with one attached hydrogen (secondary N) is 1. The molecule has 0 saturated carbocycles. The number of nitrogens with zero attached hydrogens (tertiary/aromatic N) is 1. The number of unbranched alkanes of at least 4 members (excludes halogenated alkanes) is 1. The zero-order chi connectivity index (χ0) is 15.2. The molecule has 2 unspecified atom stereocenters. The molecule has 0 bridgehead atoms. The van der Waals surface area contributed by atoms with E-state index in [0.29, 0.717) is 12.5 Å². The molecule has 114 valence electrons. The van der Waals surface area contributed by atoms with Crippen molar-refractivity contribution < 1.29 is 9.53 Å². The highest BCUT2D eigenvalue weighted by atomic mass is 16.6. The molecule has 20 heavy (non-hydrogen) atoms. The third kappa shape index (κ3) is 5.40. The van der Waals surface area contributed by atoms with Crippen LogP contribution in [0.15, 0.2) is 0 Å². The van der Waals surface area contributed by atoms with E-state index in [2.05, 4.69) is 11.3 Å². The Morgan fingerprint density at radius 2 is 2.30 bits per heavy atom. The lowest BCUT2D eigenvalue weighted by Gasteiger charge is -2.26. The van der Waals surface area contributed by atoms with Gasteiger partial charge in [-0.25, -0.2) is 4.79 Å². The normalized spacial score (nSPS) is 20.6. The summed E-state index contributed by atoms with van der Waals surface area (Å²) in [5.74, 6) is 8.63. The minimum atomic E-state index is -0.451. The second kappa shape index (κ2) is 7.51. The van der Waals surface area contributed by atoms with Gasteiger partial charge in [0.1, 0.15) is 5.60 Å². The third-order valence-electron chi connectivity index (χ3n) is 3.50. The third-order valence-corrected chi connectivity index (χ3v) is 3.50. The molecule has 5 heteroatoms. The Morgan fingerprint density at radius 1 is 1.60 bits per heavy atom. The molecule has 1 amide bonds. The topological polar surface area (TPSA) is 67.6 Å². The van der Waals surface area contributed by atoms with Gasteiger partial charge in [0.05, 0.1) is 0 Å². The molecule has 5 nitrogen and oxygen atoms in total. The van der Waals surface area contributed by atoms with Gasteiger partial charge in [0.2, 0.25) is 0 Å². The molecule has 1 aliphatic heterocycles. The lowest BCUT2D eigenvalue weighted by Crippen LogP contribution is -2.43. The number of ether oxygens (including phenoxy) is 1. The summed E-state index contributed by atoms with van der Waals surface area (Å²) in [6.07, 6.45) is 8.63. The summed E-state index contributed by atoms with van der Waals surface area (Å²) in [5.41, 5.74) is 2.41. The van der Waals surface area contributed by atoms with Crippen LogP contribution in [0, 0.1) is 18.3 Å². The maximum absolute atomic E-state index is 12.0. The molecule has 1 heterocycles. The Balaban J connectivity index is 2.45. The van der Waals surface area contributed by atoms with E-state index in [1.807, 2.05) is 20.8 Å². The molecule has 1 fully saturated rings. The number of rotatable bonds is 5. The smallest absolute Gasteiger partial charge is 0.410 e. The lowest BCUT2D eigenvalue weighted by atomic mass is 9.95. The fourth-order valence-electron chi connectivity index (χ4n) is 2.49. The van der Waals surface area contributed by atoms with Crippen LogP contribution in [0.25, 0.3) is 0 Å². The Kier molecular flexibility index (Phi) is 6.31. The van der Waals surface area contributed by atoms with E-state index in [1.54, 1.807) is 4.90 Å². The van der Waals surface area contributed by atoms with E-state index in [-0.39, 0.29) is 12.1 Å². The number of carbonyl (C=O) groups excluding carboxylic acids is 1. The van der Waals surface area contributed by atoms with Crippen LogP contribution in [-0.4, -0.2) is 35.7 Å². The first kappa shape index (κ1) is 16.8. The summed E-state index contributed by atoms with van der Waals surface area (Å²) in [6, 6.07) is 0.204. The van der Waals surface area contributed by atoms with Gasteiger partial charge in [-0.15, -0.1) is 12.3 Å². The maximum Gasteiger partial charge on any atom is 0.410 e. The zero-order valence-corrected chi connectivity index (χ0v) is 12.8. The molecule has 0 aliphatic carbocycles. The molecule has 0 radical (unpaired) electrons. The Hall–Kier alpha value is -1.25. The number of hydrogen-bond donors (Lipinski definition) is 2. The van der Waals surface area contributed by atoms with Crippen LogP contribution < -0.4 is 11.3 Å². The average Bonchev–Trinajstić information content (AvgIpc) is 2.82. The molecule has 1 rings (SSSR count). The molecule has 0 aromatic heterocycles. The molecule has 2 atom stereocenters. The van der Waals surface area contributed by atoms with Crippen molar-refractivity contribution in [2.45, 2.75) is 58.1 Å². The minimum absolute atomic E-state index is 0.204. The number of terminal acetylenes is 1. The Labute approximate surface area is 122 Å². The SMILES string of the molecule is C#CCCCC(NN)C1CCN(C(=O)OC(C)(C)C)C1. The summed E-state index contributed by atoms with van der Waals surface area (Å²) in [6.45, 7) is 7.06. The van der Waals surface area contributed by atoms with Crippen LogP contribution in [0.5, 0.6) is 0 Å². The van der Waals surface area contributed by atoms with Gasteiger partial charge in [0.25, 0.3) is 0 Å². The maximum atomic E-state index is 12.0. The summed E-state index contributed by atoms with van der Waals surface area (Å²) in [7, 11) is 0. The molecule has 0 aromatic carbocycles. The van der Waals surface area contributed by atoms with Gasteiger partial charge in [0.15, 0.2) is 0 Å². The fourth-order valence-corrected chi connectivity index (χ4v) is 2.49. The van der Waals surface area contributed by atoms with Crippen LogP contribution >= 0.6 is 0 Å². The lowest BCUT2D eigenvalue weighted by molar-refractivity contribution is 0.0285. The monoisotopic (exact) mass is 281 g/mol. The molecular weight excluding hydrogens is 254 g/mol. The van der Waals surface area contributed by atoms with Gasteiger partial charge in [-0.1, -0.05) is 0 Å². The molecule has 1 saturated heterocycles. The van der Waals surface area contributed by atoms with Crippen molar-refractivity contribution in [3.05, 3.63) is 0 Å². The van der Waals surface area contributed by atoms with Crippen molar-refractivity contribution in [1.82, 2.24) is 10.3 Å². The van der Waals surface area contributed by atoms with E-state index in [0.717, 1.165) is 32.2 Å². The fraction of sp³-hybridized carbons (Fsp3) is 0.800. The number of likely N-dealkylation sites (tertiary alicyclic amines) is 1. The largest absolute Gasteiger partial charge is 0.444 e. The van der Waals surface area contributed by atoms with E-state index in [4.69, 9.17) is 17.0 Å². The van der Waals surface area contributed by atoms with Gasteiger partial charge in [-0.3, -0.25) is 11.3 Å². The average molecular weight is 281 g/mol. The van der Waals surface area contributed by atoms with E-state index >= 15 is 0 Å². The first-order chi connectivity index (χ1) is 9.37. The number of amides is 1. The second-order valence-corrected chi connectivity index (χ2v) is 6.34. The van der Waals surface area contributed by atoms with Crippen LogP contribution in [0.1, 0.15) is 46.5 Å². The Morgan fingerprint density at radius 3 is 2.85 bits per heavy atom. The highest BCUT2D eigenvalue weighted by Crippen LogP contribution is 2.24. The Bertz CT molecular complexity index is 357. The van der Waals surface area contributed by atoms with Crippen LogP contribution in [0.4, 0.5) is 4.79 Å². The van der Waals surface area contributed by atoms with Crippen molar-refractivity contribution in [3.8, 4) is 12.3 Å². The van der Waals surface area contributed by atoms with Crippen LogP contribution in [0.2, 0.25) is 0 Å². The van der Waals surface area contributed by atoms with Crippen molar-refractivity contribution in [1.29, 1.82) is 0 Å². The molecule has 1 aliphatic rings. The first-order valence-corrected chi connectivity index (χ1v) is 7.25. The van der Waals surface area contributed by atoms with Gasteiger partial charge >= 0.3 is 6.09 Å². The van der Waals surface area contributed by atoms with Gasteiger partial charge < -0.3 is 9.64 Å². The summed E-state index contributed by atoms with van der Waals surface area (Å²) in [5, 5.41) is 0. The van der Waals surface area contributed by atoms with Gasteiger partial charge in [-0.2, -0.15) is 0 Å². The van der Waals surface area contributed by atoms with Crippen LogP contribution in [-0.2, 0) is 4.74 Å². The first-order valence-electron chi connectivity index (χ1n) is 7.25. The summed E-state index contributed by atoms with van der Waals surface area (Å²) in [4.78, 5) is 13.8. The number of carbonyl (C=O) groups is 1. The highest BCUT2D eigenvalue weighted by Gasteiger charge is 2.33. The van der Waals surface area contributed by atoms with E-state index in [9.17, 15) is 4.79 Å².